The summed E-state index contributed by atoms with van der Waals surface area (Å²) in [5.74, 6) is 0. The first-order valence-electron chi connectivity index (χ1n) is 6.14. The molecule has 0 aliphatic carbocycles. The Morgan fingerprint density at radius 2 is 2.26 bits per heavy atom. The quantitative estimate of drug-likeness (QED) is 0.793. The van der Waals surface area contributed by atoms with Crippen LogP contribution in [0, 0.1) is 0 Å². The van der Waals surface area contributed by atoms with Crippen LogP contribution >= 0.6 is 27.3 Å². The molecule has 0 unspecified atom stereocenters. The van der Waals surface area contributed by atoms with Crippen molar-refractivity contribution < 1.29 is 0 Å². The number of hydrogen-bond acceptors (Lipinski definition) is 3. The van der Waals surface area contributed by atoms with Crippen molar-refractivity contribution in [3.63, 3.8) is 0 Å². The Hall–Kier alpha value is -1.17. The molecule has 0 radical (unpaired) electrons. The molecule has 2 N–H and O–H groups in total. The summed E-state index contributed by atoms with van der Waals surface area (Å²) >= 11 is 5.34. The van der Waals surface area contributed by atoms with E-state index in [1.165, 1.54) is 15.8 Å². The van der Waals surface area contributed by atoms with Crippen LogP contribution in [0.15, 0.2) is 40.4 Å². The van der Waals surface area contributed by atoms with Crippen molar-refractivity contribution in [2.75, 3.05) is 6.54 Å². The highest BCUT2D eigenvalue weighted by Gasteiger charge is 2.10. The van der Waals surface area contributed by atoms with E-state index in [1.54, 1.807) is 11.3 Å². The summed E-state index contributed by atoms with van der Waals surface area (Å²) in [5.41, 5.74) is 8.00. The second-order valence-corrected chi connectivity index (χ2v) is 6.24. The molecule has 5 heteroatoms. The smallest absolute Gasteiger partial charge is 0.140 e. The average Bonchev–Trinajstić information content (AvgIpc) is 2.97. The van der Waals surface area contributed by atoms with E-state index in [2.05, 4.69) is 49.2 Å². The number of thiophene rings is 1. The van der Waals surface area contributed by atoms with Gasteiger partial charge in [0.15, 0.2) is 0 Å². The zero-order chi connectivity index (χ0) is 13.2. The van der Waals surface area contributed by atoms with Gasteiger partial charge >= 0.3 is 0 Å². The summed E-state index contributed by atoms with van der Waals surface area (Å²) in [6, 6.07) is 6.18. The molecule has 0 aliphatic heterocycles. The summed E-state index contributed by atoms with van der Waals surface area (Å²) in [6.07, 6.45) is 4.91. The van der Waals surface area contributed by atoms with E-state index in [0.29, 0.717) is 6.54 Å². The van der Waals surface area contributed by atoms with Crippen molar-refractivity contribution in [1.82, 2.24) is 9.55 Å². The molecule has 0 saturated heterocycles. The lowest BCUT2D eigenvalue weighted by molar-refractivity contribution is 0.827. The monoisotopic (exact) mass is 335 g/mol. The molecule has 0 spiro atoms. The fraction of sp³-hybridized carbons (Fsp3) is 0.214. The number of aromatic nitrogens is 2. The molecule has 0 atom stereocenters. The summed E-state index contributed by atoms with van der Waals surface area (Å²) in [6.45, 7) is 1.51. The highest BCUT2D eigenvalue weighted by Crippen LogP contribution is 2.26. The average molecular weight is 336 g/mol. The van der Waals surface area contributed by atoms with E-state index in [9.17, 15) is 0 Å². The lowest BCUT2D eigenvalue weighted by Crippen LogP contribution is -2.02. The highest BCUT2D eigenvalue weighted by molar-refractivity contribution is 9.10. The van der Waals surface area contributed by atoms with Crippen LogP contribution in [-0.4, -0.2) is 16.1 Å². The molecule has 0 saturated carbocycles. The van der Waals surface area contributed by atoms with Gasteiger partial charge in [0.05, 0.1) is 6.54 Å². The first-order valence-corrected chi connectivity index (χ1v) is 7.81. The molecular weight excluding hydrogens is 322 g/mol. The predicted molar refractivity (Wildman–Crippen MR) is 83.6 cm³/mol. The second-order valence-electron chi connectivity index (χ2n) is 4.39. The van der Waals surface area contributed by atoms with Crippen LogP contribution in [0.5, 0.6) is 0 Å². The number of nitrogens with two attached hydrogens (primary N) is 1. The van der Waals surface area contributed by atoms with E-state index in [1.807, 2.05) is 12.3 Å². The van der Waals surface area contributed by atoms with Gasteiger partial charge in [-0.1, -0.05) is 0 Å². The molecule has 0 aliphatic rings. The summed E-state index contributed by atoms with van der Waals surface area (Å²) in [4.78, 5) is 5.81. The van der Waals surface area contributed by atoms with Gasteiger partial charge in [0, 0.05) is 27.1 Å². The van der Waals surface area contributed by atoms with E-state index in [0.717, 1.165) is 23.1 Å². The molecule has 98 valence electrons. The minimum absolute atomic E-state index is 0.663. The molecule has 0 aromatic carbocycles. The Labute approximate surface area is 124 Å². The van der Waals surface area contributed by atoms with Crippen molar-refractivity contribution in [2.45, 2.75) is 13.0 Å². The van der Waals surface area contributed by atoms with Crippen molar-refractivity contribution in [1.29, 1.82) is 0 Å². The molecule has 19 heavy (non-hydrogen) atoms. The number of fused-ring (bicyclic) bond motifs is 1. The second kappa shape index (κ2) is 5.45. The Kier molecular flexibility index (Phi) is 3.68. The van der Waals surface area contributed by atoms with Crippen LogP contribution in [-0.2, 0) is 13.0 Å². The maximum atomic E-state index is 5.69. The Bertz CT molecular complexity index is 702. The molecule has 3 rings (SSSR count). The fourth-order valence-electron chi connectivity index (χ4n) is 2.26. The first kappa shape index (κ1) is 12.8. The highest BCUT2D eigenvalue weighted by atomic mass is 79.9. The van der Waals surface area contributed by atoms with Crippen molar-refractivity contribution in [3.05, 3.63) is 50.9 Å². The molecule has 3 nitrogen and oxygen atoms in total. The maximum Gasteiger partial charge on any atom is 0.140 e. The number of rotatable bonds is 4. The molecule has 0 fully saturated rings. The number of hydrogen-bond donors (Lipinski definition) is 1. The van der Waals surface area contributed by atoms with Crippen molar-refractivity contribution in [3.8, 4) is 0 Å². The van der Waals surface area contributed by atoms with Gasteiger partial charge < -0.3 is 10.3 Å². The fourth-order valence-corrected chi connectivity index (χ4v) is 3.74. The molecule has 0 amide bonds. The molecule has 0 bridgehead atoms. The van der Waals surface area contributed by atoms with Crippen LogP contribution in [0.4, 0.5) is 0 Å². The van der Waals surface area contributed by atoms with Gasteiger partial charge in [-0.05, 0) is 58.0 Å². The SMILES string of the molecule is NCCc1cn(Cc2sccc2Br)c2ncccc12. The summed E-state index contributed by atoms with van der Waals surface area (Å²) in [5, 5.41) is 3.31. The first-order chi connectivity index (χ1) is 9.29. The van der Waals surface area contributed by atoms with Gasteiger partial charge in [0.2, 0.25) is 0 Å². The van der Waals surface area contributed by atoms with Crippen LogP contribution < -0.4 is 5.73 Å². The minimum Gasteiger partial charge on any atom is -0.330 e. The molecular formula is C14H14BrN3S. The lowest BCUT2D eigenvalue weighted by atomic mass is 10.2. The van der Waals surface area contributed by atoms with Gasteiger partial charge in [-0.2, -0.15) is 0 Å². The Morgan fingerprint density at radius 1 is 1.37 bits per heavy atom. The van der Waals surface area contributed by atoms with Gasteiger partial charge in [-0.15, -0.1) is 11.3 Å². The minimum atomic E-state index is 0.663. The van der Waals surface area contributed by atoms with Crippen molar-refractivity contribution in [2.24, 2.45) is 5.73 Å². The van der Waals surface area contributed by atoms with E-state index < -0.39 is 0 Å². The third kappa shape index (κ3) is 2.45. The van der Waals surface area contributed by atoms with E-state index in [4.69, 9.17) is 5.73 Å². The number of nitrogens with zero attached hydrogens (tertiary/aromatic N) is 2. The van der Waals surface area contributed by atoms with Gasteiger partial charge in [-0.3, -0.25) is 0 Å². The van der Waals surface area contributed by atoms with E-state index in [-0.39, 0.29) is 0 Å². The predicted octanol–water partition coefficient (Wildman–Crippen LogP) is 3.41. The number of halogens is 1. The normalized spacial score (nSPS) is 11.3. The molecule has 3 aromatic rings. The van der Waals surface area contributed by atoms with E-state index >= 15 is 0 Å². The van der Waals surface area contributed by atoms with Gasteiger partial charge in [-0.25, -0.2) is 4.98 Å². The number of pyridine rings is 1. The van der Waals surface area contributed by atoms with Crippen LogP contribution in [0.3, 0.4) is 0 Å². The van der Waals surface area contributed by atoms with Crippen LogP contribution in [0.1, 0.15) is 10.4 Å². The molecule has 3 heterocycles. The zero-order valence-corrected chi connectivity index (χ0v) is 12.7. The van der Waals surface area contributed by atoms with Gasteiger partial charge in [0.1, 0.15) is 5.65 Å². The zero-order valence-electron chi connectivity index (χ0n) is 10.3. The Morgan fingerprint density at radius 3 is 3.00 bits per heavy atom. The van der Waals surface area contributed by atoms with Crippen LogP contribution in [0.2, 0.25) is 0 Å². The Balaban J connectivity index is 2.06. The van der Waals surface area contributed by atoms with Gasteiger partial charge in [0.25, 0.3) is 0 Å². The topological polar surface area (TPSA) is 43.8 Å². The third-order valence-corrected chi connectivity index (χ3v) is 5.05. The standard InChI is InChI=1S/C14H14BrN3S/c15-12-4-7-19-13(12)9-18-8-10(3-5-16)11-2-1-6-17-14(11)18/h1-2,4,6-8H,3,5,9,16H2. The third-order valence-electron chi connectivity index (χ3n) is 3.14. The lowest BCUT2D eigenvalue weighted by Gasteiger charge is -2.02. The summed E-state index contributed by atoms with van der Waals surface area (Å²) < 4.78 is 3.37. The van der Waals surface area contributed by atoms with Crippen LogP contribution in [0.25, 0.3) is 11.0 Å². The molecule has 3 aromatic heterocycles. The largest absolute Gasteiger partial charge is 0.330 e. The summed E-state index contributed by atoms with van der Waals surface area (Å²) in [7, 11) is 0. The maximum absolute atomic E-state index is 5.69. The van der Waals surface area contributed by atoms with Crippen molar-refractivity contribution >= 4 is 38.3 Å².